The van der Waals surface area contributed by atoms with Crippen LogP contribution in [0.15, 0.2) is 12.4 Å². The van der Waals surface area contributed by atoms with Gasteiger partial charge >= 0.3 is 0 Å². The molecule has 1 aliphatic rings. The van der Waals surface area contributed by atoms with Gasteiger partial charge in [-0.15, -0.1) is 0 Å². The first-order valence-electron chi connectivity index (χ1n) is 4.00. The number of hydrogen-bond acceptors (Lipinski definition) is 4. The maximum atomic E-state index is 5.50. The summed E-state index contributed by atoms with van der Waals surface area (Å²) in [6, 6.07) is 0. The van der Waals surface area contributed by atoms with Crippen LogP contribution in [0, 0.1) is 6.92 Å². The average molecular weight is 165 g/mol. The first kappa shape index (κ1) is 7.49. The van der Waals surface area contributed by atoms with Crippen LogP contribution in [0.2, 0.25) is 0 Å². The van der Waals surface area contributed by atoms with E-state index in [1.54, 1.807) is 12.4 Å². The molecule has 0 radical (unpaired) electrons. The van der Waals surface area contributed by atoms with Crippen LogP contribution >= 0.6 is 0 Å². The summed E-state index contributed by atoms with van der Waals surface area (Å²) in [7, 11) is 0. The molecule has 1 saturated heterocycles. The van der Waals surface area contributed by atoms with E-state index in [4.69, 9.17) is 4.74 Å². The first-order chi connectivity index (χ1) is 5.84. The van der Waals surface area contributed by atoms with Crippen LogP contribution in [0.1, 0.15) is 5.69 Å². The zero-order valence-corrected chi connectivity index (χ0v) is 6.95. The van der Waals surface area contributed by atoms with Gasteiger partial charge in [0.15, 0.2) is 0 Å². The van der Waals surface area contributed by atoms with Crippen molar-refractivity contribution in [2.75, 3.05) is 13.1 Å². The molecule has 1 fully saturated rings. The van der Waals surface area contributed by atoms with Crippen molar-refractivity contribution < 1.29 is 4.74 Å². The molecular formula is C8H11N3O. The lowest BCUT2D eigenvalue weighted by Gasteiger charge is -2.26. The number of hydrogen-bond donors (Lipinski definition) is 1. The highest BCUT2D eigenvalue weighted by Gasteiger charge is 2.18. The molecule has 1 N–H and O–H groups in total. The Morgan fingerprint density at radius 2 is 2.33 bits per heavy atom. The zero-order chi connectivity index (χ0) is 8.39. The predicted molar refractivity (Wildman–Crippen MR) is 44.1 cm³/mol. The molecule has 0 amide bonds. The second-order valence-electron chi connectivity index (χ2n) is 2.90. The normalized spacial score (nSPS) is 17.1. The summed E-state index contributed by atoms with van der Waals surface area (Å²) in [6.45, 7) is 3.73. The molecule has 64 valence electrons. The summed E-state index contributed by atoms with van der Waals surface area (Å²) >= 11 is 0. The average Bonchev–Trinajstić information content (AvgIpc) is 1.97. The number of aryl methyl sites for hydroxylation is 1. The lowest BCUT2D eigenvalue weighted by atomic mass is 10.2. The van der Waals surface area contributed by atoms with E-state index < -0.39 is 0 Å². The molecule has 4 nitrogen and oxygen atoms in total. The molecule has 2 rings (SSSR count). The summed E-state index contributed by atoms with van der Waals surface area (Å²) in [6.07, 6.45) is 3.64. The third-order valence-corrected chi connectivity index (χ3v) is 1.76. The van der Waals surface area contributed by atoms with Crippen LogP contribution in [-0.2, 0) is 0 Å². The van der Waals surface area contributed by atoms with Crippen molar-refractivity contribution in [2.45, 2.75) is 13.0 Å². The monoisotopic (exact) mass is 165 g/mol. The van der Waals surface area contributed by atoms with Crippen LogP contribution in [-0.4, -0.2) is 29.2 Å². The number of aromatic nitrogens is 2. The van der Waals surface area contributed by atoms with E-state index in [0.29, 0.717) is 5.88 Å². The Labute approximate surface area is 71.0 Å². The molecule has 4 heteroatoms. The van der Waals surface area contributed by atoms with Gasteiger partial charge in [-0.2, -0.15) is 0 Å². The van der Waals surface area contributed by atoms with Gasteiger partial charge in [0.1, 0.15) is 6.10 Å². The molecule has 1 aromatic rings. The fraction of sp³-hybridized carbons (Fsp3) is 0.500. The fourth-order valence-corrected chi connectivity index (χ4v) is 1.01. The molecule has 0 aliphatic carbocycles. The minimum Gasteiger partial charge on any atom is -0.471 e. The Balaban J connectivity index is 2.02. The third kappa shape index (κ3) is 1.53. The lowest BCUT2D eigenvalue weighted by molar-refractivity contribution is 0.135. The Hall–Kier alpha value is -1.16. The van der Waals surface area contributed by atoms with Crippen molar-refractivity contribution in [3.05, 3.63) is 18.1 Å². The van der Waals surface area contributed by atoms with Gasteiger partial charge in [-0.1, -0.05) is 0 Å². The third-order valence-electron chi connectivity index (χ3n) is 1.76. The molecule has 1 aliphatic heterocycles. The smallest absolute Gasteiger partial charge is 0.232 e. The van der Waals surface area contributed by atoms with E-state index in [9.17, 15) is 0 Å². The van der Waals surface area contributed by atoms with Crippen molar-refractivity contribution >= 4 is 0 Å². The van der Waals surface area contributed by atoms with Crippen LogP contribution in [0.4, 0.5) is 0 Å². The van der Waals surface area contributed by atoms with Gasteiger partial charge in [0.2, 0.25) is 5.88 Å². The lowest BCUT2D eigenvalue weighted by Crippen LogP contribution is -2.50. The molecule has 0 unspecified atom stereocenters. The quantitative estimate of drug-likeness (QED) is 0.677. The first-order valence-corrected chi connectivity index (χ1v) is 4.00. The van der Waals surface area contributed by atoms with Gasteiger partial charge in [0, 0.05) is 19.3 Å². The van der Waals surface area contributed by atoms with Gasteiger partial charge in [-0.3, -0.25) is 4.98 Å². The van der Waals surface area contributed by atoms with Gasteiger partial charge in [-0.25, -0.2) is 4.98 Å². The van der Waals surface area contributed by atoms with Crippen LogP contribution in [0.5, 0.6) is 5.88 Å². The molecular weight excluding hydrogens is 154 g/mol. The second-order valence-corrected chi connectivity index (χ2v) is 2.90. The number of rotatable bonds is 2. The van der Waals surface area contributed by atoms with Crippen molar-refractivity contribution in [3.8, 4) is 5.88 Å². The molecule has 12 heavy (non-hydrogen) atoms. The van der Waals surface area contributed by atoms with Crippen molar-refractivity contribution in [2.24, 2.45) is 0 Å². The van der Waals surface area contributed by atoms with E-state index in [1.165, 1.54) is 0 Å². The Kier molecular flexibility index (Phi) is 1.91. The van der Waals surface area contributed by atoms with Crippen molar-refractivity contribution in [1.29, 1.82) is 0 Å². The summed E-state index contributed by atoms with van der Waals surface area (Å²) in [5, 5.41) is 3.12. The summed E-state index contributed by atoms with van der Waals surface area (Å²) in [5.41, 5.74) is 0.889. The highest BCUT2D eigenvalue weighted by molar-refractivity contribution is 5.08. The highest BCUT2D eigenvalue weighted by atomic mass is 16.5. The molecule has 2 heterocycles. The molecule has 0 atom stereocenters. The predicted octanol–water partition coefficient (Wildman–Crippen LogP) is 0.136. The van der Waals surface area contributed by atoms with Crippen molar-refractivity contribution in [3.63, 3.8) is 0 Å². The SMILES string of the molecule is Cc1cncc(OC2CNC2)n1. The van der Waals surface area contributed by atoms with E-state index in [-0.39, 0.29) is 6.10 Å². The second kappa shape index (κ2) is 3.06. The Morgan fingerprint density at radius 1 is 1.50 bits per heavy atom. The van der Waals surface area contributed by atoms with E-state index >= 15 is 0 Å². The van der Waals surface area contributed by atoms with Crippen molar-refractivity contribution in [1.82, 2.24) is 15.3 Å². The molecule has 0 aromatic carbocycles. The molecule has 0 saturated carbocycles. The van der Waals surface area contributed by atoms with Crippen LogP contribution in [0.25, 0.3) is 0 Å². The standard InChI is InChI=1S/C8H11N3O/c1-6-2-9-5-8(11-6)12-7-3-10-4-7/h2,5,7,10H,3-4H2,1H3. The summed E-state index contributed by atoms with van der Waals surface area (Å²) in [5.74, 6) is 0.626. The maximum absolute atomic E-state index is 5.50. The topological polar surface area (TPSA) is 47.0 Å². The minimum atomic E-state index is 0.279. The van der Waals surface area contributed by atoms with Gasteiger partial charge in [0.05, 0.1) is 11.9 Å². The highest BCUT2D eigenvalue weighted by Crippen LogP contribution is 2.08. The molecule has 1 aromatic heterocycles. The van der Waals surface area contributed by atoms with Gasteiger partial charge in [0.25, 0.3) is 0 Å². The number of nitrogens with zero attached hydrogens (tertiary/aromatic N) is 2. The van der Waals surface area contributed by atoms with Gasteiger partial charge < -0.3 is 10.1 Å². The summed E-state index contributed by atoms with van der Waals surface area (Å²) < 4.78 is 5.50. The van der Waals surface area contributed by atoms with E-state index in [0.717, 1.165) is 18.8 Å². The summed E-state index contributed by atoms with van der Waals surface area (Å²) in [4.78, 5) is 8.17. The minimum absolute atomic E-state index is 0.279. The van der Waals surface area contributed by atoms with Gasteiger partial charge in [-0.05, 0) is 6.92 Å². The fourth-order valence-electron chi connectivity index (χ4n) is 1.01. The van der Waals surface area contributed by atoms with Crippen LogP contribution in [0.3, 0.4) is 0 Å². The zero-order valence-electron chi connectivity index (χ0n) is 6.95. The maximum Gasteiger partial charge on any atom is 0.232 e. The van der Waals surface area contributed by atoms with Crippen LogP contribution < -0.4 is 10.1 Å². The number of ether oxygens (including phenoxy) is 1. The van der Waals surface area contributed by atoms with E-state index in [2.05, 4.69) is 15.3 Å². The Bertz CT molecular complexity index is 273. The molecule has 0 spiro atoms. The molecule has 0 bridgehead atoms. The Morgan fingerprint density at radius 3 is 2.92 bits per heavy atom. The number of nitrogens with one attached hydrogen (secondary N) is 1. The largest absolute Gasteiger partial charge is 0.471 e. The van der Waals surface area contributed by atoms with E-state index in [1.807, 2.05) is 6.92 Å².